The Hall–Kier alpha value is -1.92. The van der Waals surface area contributed by atoms with E-state index in [0.29, 0.717) is 30.5 Å². The van der Waals surface area contributed by atoms with Gasteiger partial charge in [0.15, 0.2) is 0 Å². The second-order valence-corrected chi connectivity index (χ2v) is 6.65. The highest BCUT2D eigenvalue weighted by molar-refractivity contribution is 7.07. The zero-order valence-corrected chi connectivity index (χ0v) is 14.7. The lowest BCUT2D eigenvalue weighted by molar-refractivity contribution is 0.0941. The van der Waals surface area contributed by atoms with Crippen LogP contribution in [0.5, 0.6) is 5.75 Å². The average molecular weight is 345 g/mol. The predicted molar refractivity (Wildman–Crippen MR) is 95.5 cm³/mol. The van der Waals surface area contributed by atoms with E-state index in [0.717, 1.165) is 25.2 Å². The molecule has 1 atom stereocenters. The summed E-state index contributed by atoms with van der Waals surface area (Å²) in [7, 11) is 0. The van der Waals surface area contributed by atoms with Gasteiger partial charge in [0.05, 0.1) is 11.2 Å². The van der Waals surface area contributed by atoms with E-state index in [2.05, 4.69) is 22.1 Å². The normalized spacial score (nSPS) is 17.8. The van der Waals surface area contributed by atoms with E-state index in [1.54, 1.807) is 22.9 Å². The van der Waals surface area contributed by atoms with Crippen LogP contribution >= 0.6 is 11.3 Å². The molecule has 1 N–H and O–H groups in total. The molecule has 2 heterocycles. The van der Waals surface area contributed by atoms with Crippen LogP contribution in [0, 0.1) is 0 Å². The molecule has 1 amide bonds. The van der Waals surface area contributed by atoms with Gasteiger partial charge in [-0.3, -0.25) is 9.69 Å². The van der Waals surface area contributed by atoms with Crippen molar-refractivity contribution in [1.82, 2.24) is 15.2 Å². The molecule has 0 radical (unpaired) electrons. The van der Waals surface area contributed by atoms with Gasteiger partial charge in [-0.1, -0.05) is 13.0 Å². The summed E-state index contributed by atoms with van der Waals surface area (Å²) in [5.74, 6) is 0.642. The maximum Gasteiger partial charge on any atom is 0.251 e. The van der Waals surface area contributed by atoms with Crippen LogP contribution in [0.15, 0.2) is 35.2 Å². The van der Waals surface area contributed by atoms with Crippen LogP contribution in [-0.2, 0) is 6.61 Å². The zero-order valence-electron chi connectivity index (χ0n) is 13.9. The van der Waals surface area contributed by atoms with Gasteiger partial charge in [0, 0.05) is 23.5 Å². The number of carbonyl (C=O) groups excluding carboxylic acids is 1. The molecule has 1 saturated heterocycles. The average Bonchev–Trinajstić information content (AvgIpc) is 3.29. The summed E-state index contributed by atoms with van der Waals surface area (Å²) in [5.41, 5.74) is 3.31. The van der Waals surface area contributed by atoms with E-state index in [-0.39, 0.29) is 5.91 Å². The summed E-state index contributed by atoms with van der Waals surface area (Å²) in [6, 6.07) is 7.77. The van der Waals surface area contributed by atoms with E-state index in [4.69, 9.17) is 4.74 Å². The molecule has 0 spiro atoms. The van der Waals surface area contributed by atoms with Crippen molar-refractivity contribution in [3.8, 4) is 5.75 Å². The molecule has 128 valence electrons. The Labute approximate surface area is 146 Å². The summed E-state index contributed by atoms with van der Waals surface area (Å²) in [6.07, 6.45) is 2.37. The van der Waals surface area contributed by atoms with Gasteiger partial charge in [-0.05, 0) is 44.1 Å². The number of nitrogens with one attached hydrogen (secondary N) is 1. The van der Waals surface area contributed by atoms with Gasteiger partial charge in [0.2, 0.25) is 0 Å². The number of rotatable bonds is 7. The number of hydrogen-bond donors (Lipinski definition) is 1. The Morgan fingerprint density at radius 2 is 2.42 bits per heavy atom. The molecule has 0 bridgehead atoms. The van der Waals surface area contributed by atoms with Gasteiger partial charge >= 0.3 is 0 Å². The van der Waals surface area contributed by atoms with Gasteiger partial charge in [0.1, 0.15) is 12.4 Å². The summed E-state index contributed by atoms with van der Waals surface area (Å²) in [5, 5.41) is 5.01. The second-order valence-electron chi connectivity index (χ2n) is 5.93. The van der Waals surface area contributed by atoms with Gasteiger partial charge < -0.3 is 10.1 Å². The minimum atomic E-state index is -0.0444. The van der Waals surface area contributed by atoms with Gasteiger partial charge in [-0.15, -0.1) is 11.3 Å². The topological polar surface area (TPSA) is 54.5 Å². The molecule has 3 rings (SSSR count). The molecule has 1 fully saturated rings. The summed E-state index contributed by atoms with van der Waals surface area (Å²) < 4.78 is 5.71. The first kappa shape index (κ1) is 16.9. The Morgan fingerprint density at radius 1 is 1.50 bits per heavy atom. The molecule has 24 heavy (non-hydrogen) atoms. The van der Waals surface area contributed by atoms with Crippen molar-refractivity contribution in [2.24, 2.45) is 0 Å². The minimum Gasteiger partial charge on any atom is -0.487 e. The Bertz CT molecular complexity index is 660. The SMILES string of the molecule is CCN1CCC[C@@H]1CNC(=O)c1cccc(OCc2cscn2)c1. The van der Waals surface area contributed by atoms with Crippen molar-refractivity contribution in [3.63, 3.8) is 0 Å². The second kappa shape index (κ2) is 8.26. The van der Waals surface area contributed by atoms with Crippen molar-refractivity contribution in [1.29, 1.82) is 0 Å². The zero-order chi connectivity index (χ0) is 16.8. The fourth-order valence-corrected chi connectivity index (χ4v) is 3.59. The van der Waals surface area contributed by atoms with Crippen LogP contribution in [0.2, 0.25) is 0 Å². The molecule has 0 saturated carbocycles. The summed E-state index contributed by atoms with van der Waals surface area (Å²) in [4.78, 5) is 19.0. The van der Waals surface area contributed by atoms with Crippen molar-refractivity contribution < 1.29 is 9.53 Å². The quantitative estimate of drug-likeness (QED) is 0.838. The smallest absolute Gasteiger partial charge is 0.251 e. The predicted octanol–water partition coefficient (Wildman–Crippen LogP) is 2.94. The third kappa shape index (κ3) is 4.33. The standard InChI is InChI=1S/C18H23N3O2S/c1-2-21-8-4-6-16(21)10-19-18(22)14-5-3-7-17(9-14)23-11-15-12-24-13-20-15/h3,5,7,9,12-13,16H,2,4,6,8,10-11H2,1H3,(H,19,22)/t16-/m1/s1. The maximum atomic E-state index is 12.4. The van der Waals surface area contributed by atoms with Crippen molar-refractivity contribution in [2.45, 2.75) is 32.4 Å². The molecular formula is C18H23N3O2S. The molecule has 1 aromatic heterocycles. The number of aromatic nitrogens is 1. The summed E-state index contributed by atoms with van der Waals surface area (Å²) in [6.45, 7) is 5.47. The first-order chi connectivity index (χ1) is 11.8. The van der Waals surface area contributed by atoms with Crippen molar-refractivity contribution in [3.05, 3.63) is 46.4 Å². The first-order valence-corrected chi connectivity index (χ1v) is 9.32. The molecule has 0 unspecified atom stereocenters. The number of amides is 1. The van der Waals surface area contributed by atoms with E-state index < -0.39 is 0 Å². The summed E-state index contributed by atoms with van der Waals surface area (Å²) >= 11 is 1.54. The number of ether oxygens (including phenoxy) is 1. The number of benzene rings is 1. The van der Waals surface area contributed by atoms with E-state index in [1.807, 2.05) is 23.6 Å². The fourth-order valence-electron chi connectivity index (χ4n) is 3.05. The highest BCUT2D eigenvalue weighted by Crippen LogP contribution is 2.17. The third-order valence-corrected chi connectivity index (χ3v) is 5.01. The van der Waals surface area contributed by atoms with Crippen LogP contribution in [0.1, 0.15) is 35.8 Å². The number of carbonyl (C=O) groups is 1. The third-order valence-electron chi connectivity index (χ3n) is 4.37. The van der Waals surface area contributed by atoms with Crippen LogP contribution in [0.25, 0.3) is 0 Å². The number of likely N-dealkylation sites (N-methyl/N-ethyl adjacent to an activating group) is 1. The van der Waals surface area contributed by atoms with Crippen LogP contribution in [-0.4, -0.2) is 41.5 Å². The molecule has 6 heteroatoms. The number of nitrogens with zero attached hydrogens (tertiary/aromatic N) is 2. The molecule has 1 aliphatic rings. The molecule has 0 aliphatic carbocycles. The van der Waals surface area contributed by atoms with Gasteiger partial charge in [-0.25, -0.2) is 4.98 Å². The lowest BCUT2D eigenvalue weighted by atomic mass is 10.2. The van der Waals surface area contributed by atoms with Crippen molar-refractivity contribution >= 4 is 17.2 Å². The highest BCUT2D eigenvalue weighted by Gasteiger charge is 2.23. The van der Waals surface area contributed by atoms with Crippen LogP contribution in [0.3, 0.4) is 0 Å². The monoisotopic (exact) mass is 345 g/mol. The van der Waals surface area contributed by atoms with Crippen LogP contribution in [0.4, 0.5) is 0 Å². The number of likely N-dealkylation sites (tertiary alicyclic amines) is 1. The lowest BCUT2D eigenvalue weighted by Gasteiger charge is -2.22. The number of thiazole rings is 1. The lowest BCUT2D eigenvalue weighted by Crippen LogP contribution is -2.40. The largest absolute Gasteiger partial charge is 0.487 e. The Kier molecular flexibility index (Phi) is 5.82. The minimum absolute atomic E-state index is 0.0444. The Balaban J connectivity index is 1.53. The van der Waals surface area contributed by atoms with E-state index in [1.165, 1.54) is 6.42 Å². The Morgan fingerprint density at radius 3 is 3.21 bits per heavy atom. The van der Waals surface area contributed by atoms with E-state index in [9.17, 15) is 4.79 Å². The van der Waals surface area contributed by atoms with Gasteiger partial charge in [0.25, 0.3) is 5.91 Å². The molecular weight excluding hydrogens is 322 g/mol. The fraction of sp³-hybridized carbons (Fsp3) is 0.444. The molecule has 1 aliphatic heterocycles. The molecule has 1 aromatic carbocycles. The van der Waals surface area contributed by atoms with E-state index >= 15 is 0 Å². The number of hydrogen-bond acceptors (Lipinski definition) is 5. The molecule has 5 nitrogen and oxygen atoms in total. The van der Waals surface area contributed by atoms with Crippen LogP contribution < -0.4 is 10.1 Å². The first-order valence-electron chi connectivity index (χ1n) is 8.38. The van der Waals surface area contributed by atoms with Crippen molar-refractivity contribution in [2.75, 3.05) is 19.6 Å². The molecule has 2 aromatic rings. The highest BCUT2D eigenvalue weighted by atomic mass is 32.1. The van der Waals surface area contributed by atoms with Gasteiger partial charge in [-0.2, -0.15) is 0 Å². The maximum absolute atomic E-state index is 12.4.